The van der Waals surface area contributed by atoms with E-state index in [0.29, 0.717) is 31.5 Å². The number of H-pyrrole nitrogens is 1. The number of aromatic amines is 1. The van der Waals surface area contributed by atoms with Crippen LogP contribution in [0.25, 0.3) is 22.5 Å². The van der Waals surface area contributed by atoms with Crippen LogP contribution < -0.4 is 16.0 Å². The summed E-state index contributed by atoms with van der Waals surface area (Å²) >= 11 is 0. The van der Waals surface area contributed by atoms with Gasteiger partial charge in [0.15, 0.2) is 5.82 Å². The van der Waals surface area contributed by atoms with Gasteiger partial charge in [0.05, 0.1) is 0 Å². The van der Waals surface area contributed by atoms with Gasteiger partial charge in [-0.2, -0.15) is 22.7 Å². The van der Waals surface area contributed by atoms with E-state index in [0.717, 1.165) is 35.1 Å². The molecule has 1 aliphatic carbocycles. The van der Waals surface area contributed by atoms with Gasteiger partial charge in [-0.05, 0) is 117 Å². The van der Waals surface area contributed by atoms with Crippen molar-refractivity contribution in [1.82, 2.24) is 25.8 Å². The molecular formula is C42H44F4N6O7. The third-order valence-corrected chi connectivity index (χ3v) is 10.5. The molecule has 59 heavy (non-hydrogen) atoms. The molecule has 2 heterocycles. The first-order valence-electron chi connectivity index (χ1n) is 19.1. The van der Waals surface area contributed by atoms with E-state index in [-0.39, 0.29) is 47.6 Å². The number of halogens is 4. The molecule has 3 aromatic carbocycles. The highest BCUT2D eigenvalue weighted by Crippen LogP contribution is 2.42. The van der Waals surface area contributed by atoms with Gasteiger partial charge in [0.25, 0.3) is 5.91 Å². The molecule has 0 spiro atoms. The highest BCUT2D eigenvalue weighted by Gasteiger charge is 2.65. The van der Waals surface area contributed by atoms with Crippen LogP contribution >= 0.6 is 0 Å². The third kappa shape index (κ3) is 9.95. The van der Waals surface area contributed by atoms with Gasteiger partial charge in [0, 0.05) is 48.2 Å². The summed E-state index contributed by atoms with van der Waals surface area (Å²) in [6.45, 7) is 6.24. The van der Waals surface area contributed by atoms with Gasteiger partial charge in [-0.1, -0.05) is 30.3 Å². The zero-order chi connectivity index (χ0) is 42.7. The monoisotopic (exact) mass is 820 g/mol. The molecule has 0 bridgehead atoms. The first kappa shape index (κ1) is 42.5. The molecule has 4 aromatic rings. The molecule has 1 saturated carbocycles. The number of ether oxygens (including phenoxy) is 1. The summed E-state index contributed by atoms with van der Waals surface area (Å²) < 4.78 is 61.3. The predicted octanol–water partition coefficient (Wildman–Crippen LogP) is 7.28. The van der Waals surface area contributed by atoms with Crippen molar-refractivity contribution in [3.05, 3.63) is 89.2 Å². The highest BCUT2D eigenvalue weighted by molar-refractivity contribution is 5.99. The summed E-state index contributed by atoms with van der Waals surface area (Å²) in [6, 6.07) is 18.8. The number of carboxylic acids is 1. The van der Waals surface area contributed by atoms with E-state index in [2.05, 4.69) is 26.0 Å². The summed E-state index contributed by atoms with van der Waals surface area (Å²) in [5.41, 5.74) is 3.95. The Balaban J connectivity index is 1.13. The van der Waals surface area contributed by atoms with Crippen LogP contribution in [0, 0.1) is 17.8 Å². The minimum absolute atomic E-state index is 0.0435. The fourth-order valence-corrected chi connectivity index (χ4v) is 7.19. The number of rotatable bonds is 14. The molecule has 0 unspecified atom stereocenters. The number of anilines is 1. The maximum atomic E-state index is 14.3. The SMILES string of the molecule is CC(C)(C)OC(=O)NCC1CCC(C(=O)C[C@@H](Cc2ccc(-c3ccc4c(c3)CNC4=O)cc2)C(=O)Nc2ccc(-c3n[nH]c(C(F)(F)C(F)(F)C(=O)O)n3)cc2)CC1. The van der Waals surface area contributed by atoms with Crippen molar-refractivity contribution in [1.29, 1.82) is 0 Å². The number of nitrogens with zero attached hydrogens (tertiary/aromatic N) is 2. The number of carboxylic acid groups (broad SMARTS) is 1. The van der Waals surface area contributed by atoms with Crippen LogP contribution in [-0.2, 0) is 38.0 Å². The Morgan fingerprint density at radius 1 is 0.898 bits per heavy atom. The van der Waals surface area contributed by atoms with Crippen molar-refractivity contribution in [2.24, 2.45) is 17.8 Å². The molecule has 2 aliphatic rings. The molecule has 13 nitrogen and oxygen atoms in total. The molecule has 312 valence electrons. The van der Waals surface area contributed by atoms with Gasteiger partial charge in [0.2, 0.25) is 11.7 Å². The number of amides is 3. The van der Waals surface area contributed by atoms with E-state index in [1.165, 1.54) is 24.3 Å². The third-order valence-electron chi connectivity index (χ3n) is 10.5. The summed E-state index contributed by atoms with van der Waals surface area (Å²) in [6.07, 6.45) is 2.33. The molecule has 1 fully saturated rings. The zero-order valence-electron chi connectivity index (χ0n) is 32.5. The number of hydrogen-bond acceptors (Lipinski definition) is 8. The zero-order valence-corrected chi connectivity index (χ0v) is 32.5. The lowest BCUT2D eigenvalue weighted by Crippen LogP contribution is -2.45. The fraction of sp³-hybridized carbons (Fsp3) is 0.405. The number of Topliss-reactive ketones (excluding diaryl/α,β-unsaturated/α-hetero) is 1. The second kappa shape index (κ2) is 17.0. The number of nitrogens with one attached hydrogen (secondary N) is 4. The molecular weight excluding hydrogens is 776 g/mol. The molecule has 17 heteroatoms. The first-order chi connectivity index (χ1) is 27.8. The number of fused-ring (bicyclic) bond motifs is 1. The number of carbonyl (C=O) groups excluding carboxylic acids is 4. The van der Waals surface area contributed by atoms with Crippen LogP contribution in [0.4, 0.5) is 28.0 Å². The molecule has 5 N–H and O–H groups in total. The molecule has 1 aromatic heterocycles. The number of hydrogen-bond donors (Lipinski definition) is 5. The normalized spacial score (nSPS) is 17.4. The second-order valence-corrected chi connectivity index (χ2v) is 16.0. The van der Waals surface area contributed by atoms with Crippen molar-refractivity contribution in [3.63, 3.8) is 0 Å². The minimum atomic E-state index is -5.44. The van der Waals surface area contributed by atoms with E-state index in [1.807, 2.05) is 36.4 Å². The average molecular weight is 821 g/mol. The standard InChI is InChI=1S/C42H44F4N6O7/c1-40(2,3)59-39(58)48-21-24-6-10-26(11-7-24)33(53)20-29(18-23-4-8-25(9-5-23)28-14-17-32-30(19-28)22-47-36(32)55)35(54)49-31-15-12-27(13-16-31)34-50-37(52-51-34)41(43,44)42(45,46)38(56)57/h4-5,8-9,12-17,19,24,26,29H,6-7,10-11,18,20-22H2,1-3H3,(H,47,55)(H,48,58)(H,49,54)(H,56,57)(H,50,51,52)/t24?,26?,29-/m1/s1. The largest absolute Gasteiger partial charge is 0.477 e. The van der Waals surface area contributed by atoms with Crippen LogP contribution in [0.3, 0.4) is 0 Å². The van der Waals surface area contributed by atoms with Crippen molar-refractivity contribution >= 4 is 35.3 Å². The molecule has 1 atom stereocenters. The number of alkyl carbamates (subject to hydrolysis) is 1. The number of aromatic nitrogens is 3. The maximum absolute atomic E-state index is 14.3. The van der Waals surface area contributed by atoms with Crippen molar-refractivity contribution in [2.75, 3.05) is 11.9 Å². The highest BCUT2D eigenvalue weighted by atomic mass is 19.3. The lowest BCUT2D eigenvalue weighted by atomic mass is 9.77. The van der Waals surface area contributed by atoms with Gasteiger partial charge in [-0.15, -0.1) is 0 Å². The van der Waals surface area contributed by atoms with Crippen LogP contribution in [0.5, 0.6) is 0 Å². The number of aliphatic carboxylic acids is 1. The Morgan fingerprint density at radius 2 is 1.54 bits per heavy atom. The lowest BCUT2D eigenvalue weighted by molar-refractivity contribution is -0.231. The number of ketones is 1. The number of benzene rings is 3. The van der Waals surface area contributed by atoms with Crippen molar-refractivity contribution in [3.8, 4) is 22.5 Å². The van der Waals surface area contributed by atoms with Gasteiger partial charge in [-0.3, -0.25) is 19.5 Å². The van der Waals surface area contributed by atoms with Crippen LogP contribution in [-0.4, -0.2) is 68.0 Å². The number of carbonyl (C=O) groups is 5. The Labute approximate surface area is 336 Å². The maximum Gasteiger partial charge on any atom is 0.411 e. The Kier molecular flexibility index (Phi) is 12.2. The molecule has 3 amide bonds. The van der Waals surface area contributed by atoms with Crippen molar-refractivity contribution in [2.45, 2.75) is 83.3 Å². The summed E-state index contributed by atoms with van der Waals surface area (Å²) in [5, 5.41) is 22.2. The second-order valence-electron chi connectivity index (χ2n) is 16.0. The van der Waals surface area contributed by atoms with E-state index >= 15 is 0 Å². The average Bonchev–Trinajstić information content (AvgIpc) is 3.84. The van der Waals surface area contributed by atoms with Gasteiger partial charge < -0.3 is 25.8 Å². The Bertz CT molecular complexity index is 2210. The Morgan fingerprint density at radius 3 is 2.19 bits per heavy atom. The minimum Gasteiger partial charge on any atom is -0.477 e. The van der Waals surface area contributed by atoms with Crippen LogP contribution in [0.1, 0.15) is 80.2 Å². The Hall–Kier alpha value is -6.13. The quantitative estimate of drug-likeness (QED) is 0.0814. The van der Waals surface area contributed by atoms with Crippen LogP contribution in [0.2, 0.25) is 0 Å². The first-order valence-corrected chi connectivity index (χ1v) is 19.1. The fourth-order valence-electron chi connectivity index (χ4n) is 7.19. The summed E-state index contributed by atoms with van der Waals surface area (Å²) in [7, 11) is 0. The number of alkyl halides is 4. The molecule has 0 saturated heterocycles. The smallest absolute Gasteiger partial charge is 0.411 e. The molecule has 6 rings (SSSR count). The van der Waals surface area contributed by atoms with E-state index < -0.39 is 53.0 Å². The van der Waals surface area contributed by atoms with Gasteiger partial charge in [-0.25, -0.2) is 14.6 Å². The van der Waals surface area contributed by atoms with E-state index in [4.69, 9.17) is 9.84 Å². The molecule has 0 radical (unpaired) electrons. The van der Waals surface area contributed by atoms with Crippen molar-refractivity contribution < 1.29 is 51.4 Å². The van der Waals surface area contributed by atoms with Crippen LogP contribution in [0.15, 0.2) is 66.7 Å². The van der Waals surface area contributed by atoms with Gasteiger partial charge >= 0.3 is 23.9 Å². The summed E-state index contributed by atoms with van der Waals surface area (Å²) in [4.78, 5) is 66.0. The summed E-state index contributed by atoms with van der Waals surface area (Å²) in [5.74, 6) is -17.2. The van der Waals surface area contributed by atoms with E-state index in [9.17, 15) is 41.5 Å². The lowest BCUT2D eigenvalue weighted by Gasteiger charge is -2.29. The van der Waals surface area contributed by atoms with Gasteiger partial charge in [0.1, 0.15) is 11.4 Å². The topological polar surface area (TPSA) is 192 Å². The van der Waals surface area contributed by atoms with E-state index in [1.54, 1.807) is 31.9 Å². The molecule has 1 aliphatic heterocycles. The predicted molar refractivity (Wildman–Crippen MR) is 206 cm³/mol.